The predicted molar refractivity (Wildman–Crippen MR) is 112 cm³/mol. The first kappa shape index (κ1) is 19.5. The zero-order valence-electron chi connectivity index (χ0n) is 16.6. The Hall–Kier alpha value is -2.80. The Morgan fingerprint density at radius 3 is 2.69 bits per heavy atom. The Morgan fingerprint density at radius 2 is 1.97 bits per heavy atom. The average molecular weight is 413 g/mol. The van der Waals surface area contributed by atoms with E-state index in [-0.39, 0.29) is 12.4 Å². The molecule has 0 radical (unpaired) electrons. The molecule has 0 N–H and O–H groups in total. The number of methoxy groups -OCH3 is 1. The van der Waals surface area contributed by atoms with E-state index in [4.69, 9.17) is 14.2 Å². The maximum Gasteiger partial charge on any atom is 0.307 e. The molecule has 1 aromatic carbocycles. The van der Waals surface area contributed by atoms with E-state index >= 15 is 0 Å². The Balaban J connectivity index is 1.65. The molecule has 1 aliphatic rings. The summed E-state index contributed by atoms with van der Waals surface area (Å²) in [5, 5.41) is 6.51. The van der Waals surface area contributed by atoms with Crippen LogP contribution in [-0.2, 0) is 28.9 Å². The number of aryl methyl sites for hydroxylation is 1. The SMILES string of the molecule is CCOC(=O)CCn1ncc(Oc2ccc(OC)c3c2CCC3)c1-c1cccs1. The molecule has 0 unspecified atom stereocenters. The van der Waals surface area contributed by atoms with E-state index in [0.717, 1.165) is 41.3 Å². The molecule has 0 aliphatic heterocycles. The van der Waals surface area contributed by atoms with Crippen LogP contribution in [0.15, 0.2) is 35.8 Å². The number of hydrogen-bond acceptors (Lipinski definition) is 6. The van der Waals surface area contributed by atoms with E-state index < -0.39 is 0 Å². The van der Waals surface area contributed by atoms with Gasteiger partial charge in [-0.3, -0.25) is 9.48 Å². The molecule has 0 atom stereocenters. The van der Waals surface area contributed by atoms with Crippen LogP contribution in [0.3, 0.4) is 0 Å². The number of thiophene rings is 1. The summed E-state index contributed by atoms with van der Waals surface area (Å²) in [7, 11) is 1.71. The lowest BCUT2D eigenvalue weighted by molar-refractivity contribution is -0.143. The van der Waals surface area contributed by atoms with Gasteiger partial charge in [0.1, 0.15) is 17.2 Å². The summed E-state index contributed by atoms with van der Waals surface area (Å²) in [6, 6.07) is 7.97. The molecule has 0 fully saturated rings. The van der Waals surface area contributed by atoms with Gasteiger partial charge in [-0.15, -0.1) is 11.3 Å². The van der Waals surface area contributed by atoms with E-state index in [1.165, 1.54) is 11.1 Å². The van der Waals surface area contributed by atoms with Crippen molar-refractivity contribution in [3.8, 4) is 27.8 Å². The quantitative estimate of drug-likeness (QED) is 0.495. The molecule has 152 valence electrons. The average Bonchev–Trinajstić information content (AvgIpc) is 3.47. The molecule has 2 heterocycles. The van der Waals surface area contributed by atoms with Crippen molar-refractivity contribution in [3.63, 3.8) is 0 Å². The maximum absolute atomic E-state index is 11.8. The third-order valence-electron chi connectivity index (χ3n) is 5.03. The van der Waals surface area contributed by atoms with Crippen molar-refractivity contribution in [2.45, 2.75) is 39.2 Å². The van der Waals surface area contributed by atoms with Gasteiger partial charge in [0.05, 0.1) is 37.8 Å². The number of fused-ring (bicyclic) bond motifs is 1. The second kappa shape index (κ2) is 8.69. The van der Waals surface area contributed by atoms with Crippen LogP contribution < -0.4 is 9.47 Å². The lowest BCUT2D eigenvalue weighted by Crippen LogP contribution is -2.10. The second-order valence-corrected chi connectivity index (χ2v) is 7.74. The standard InChI is InChI=1S/C22H24N2O4S/c1-3-27-21(25)11-12-24-22(20-8-5-13-29-20)19(14-23-24)28-18-10-9-17(26-2)15-6-4-7-16(15)18/h5,8-10,13-14H,3-4,6-7,11-12H2,1-2H3. The molecule has 0 saturated carbocycles. The molecule has 0 saturated heterocycles. The fourth-order valence-electron chi connectivity index (χ4n) is 3.75. The van der Waals surface area contributed by atoms with Crippen molar-refractivity contribution in [2.75, 3.05) is 13.7 Å². The summed E-state index contributed by atoms with van der Waals surface area (Å²) in [6.45, 7) is 2.63. The van der Waals surface area contributed by atoms with Crippen LogP contribution in [0, 0.1) is 0 Å². The van der Waals surface area contributed by atoms with Crippen molar-refractivity contribution < 1.29 is 19.0 Å². The van der Waals surface area contributed by atoms with Crippen LogP contribution >= 0.6 is 11.3 Å². The predicted octanol–water partition coefficient (Wildman–Crippen LogP) is 4.85. The van der Waals surface area contributed by atoms with E-state index in [9.17, 15) is 4.79 Å². The van der Waals surface area contributed by atoms with Gasteiger partial charge < -0.3 is 14.2 Å². The third kappa shape index (κ3) is 4.00. The largest absolute Gasteiger partial charge is 0.496 e. The number of carbonyl (C=O) groups is 1. The van der Waals surface area contributed by atoms with E-state index in [0.29, 0.717) is 18.9 Å². The highest BCUT2D eigenvalue weighted by Crippen LogP contribution is 2.41. The molecule has 1 aliphatic carbocycles. The Labute approximate surface area is 174 Å². The number of benzene rings is 1. The van der Waals surface area contributed by atoms with Crippen molar-refractivity contribution >= 4 is 17.3 Å². The molecule has 7 heteroatoms. The smallest absolute Gasteiger partial charge is 0.307 e. The molecule has 0 amide bonds. The Morgan fingerprint density at radius 1 is 1.17 bits per heavy atom. The highest BCUT2D eigenvalue weighted by atomic mass is 32.1. The maximum atomic E-state index is 11.8. The molecular weight excluding hydrogens is 388 g/mol. The summed E-state index contributed by atoms with van der Waals surface area (Å²) >= 11 is 1.62. The van der Waals surface area contributed by atoms with Gasteiger partial charge >= 0.3 is 5.97 Å². The third-order valence-corrected chi connectivity index (χ3v) is 5.91. The second-order valence-electron chi connectivity index (χ2n) is 6.79. The summed E-state index contributed by atoms with van der Waals surface area (Å²) < 4.78 is 18.7. The van der Waals surface area contributed by atoms with Crippen molar-refractivity contribution in [3.05, 3.63) is 47.0 Å². The highest BCUT2D eigenvalue weighted by Gasteiger charge is 2.23. The van der Waals surface area contributed by atoms with Gasteiger partial charge in [-0.05, 0) is 49.8 Å². The van der Waals surface area contributed by atoms with Gasteiger partial charge in [0, 0.05) is 11.1 Å². The fraction of sp³-hybridized carbons (Fsp3) is 0.364. The zero-order valence-corrected chi connectivity index (χ0v) is 17.5. The van der Waals surface area contributed by atoms with Gasteiger partial charge in [-0.25, -0.2) is 0 Å². The monoisotopic (exact) mass is 412 g/mol. The van der Waals surface area contributed by atoms with E-state index in [1.54, 1.807) is 24.6 Å². The first-order valence-electron chi connectivity index (χ1n) is 9.83. The number of aromatic nitrogens is 2. The first-order valence-corrected chi connectivity index (χ1v) is 10.7. The number of rotatable bonds is 8. The van der Waals surface area contributed by atoms with Crippen LogP contribution in [0.2, 0.25) is 0 Å². The normalized spacial score (nSPS) is 12.6. The minimum Gasteiger partial charge on any atom is -0.496 e. The minimum absolute atomic E-state index is 0.226. The molecule has 29 heavy (non-hydrogen) atoms. The molecule has 0 spiro atoms. The van der Waals surface area contributed by atoms with Gasteiger partial charge in [-0.1, -0.05) is 6.07 Å². The molecule has 4 rings (SSSR count). The molecule has 0 bridgehead atoms. The summed E-state index contributed by atoms with van der Waals surface area (Å²) in [4.78, 5) is 12.8. The Kier molecular flexibility index (Phi) is 5.85. The van der Waals surface area contributed by atoms with Crippen LogP contribution in [0.1, 0.15) is 30.9 Å². The van der Waals surface area contributed by atoms with Gasteiger partial charge in [0.15, 0.2) is 5.75 Å². The minimum atomic E-state index is -0.226. The topological polar surface area (TPSA) is 62.6 Å². The number of ether oxygens (including phenoxy) is 3. The van der Waals surface area contributed by atoms with Crippen LogP contribution in [-0.4, -0.2) is 29.5 Å². The lowest BCUT2D eigenvalue weighted by Gasteiger charge is -2.14. The fourth-order valence-corrected chi connectivity index (χ4v) is 4.53. The number of nitrogens with zero attached hydrogens (tertiary/aromatic N) is 2. The first-order chi connectivity index (χ1) is 14.2. The van der Waals surface area contributed by atoms with Crippen molar-refractivity contribution in [2.24, 2.45) is 0 Å². The van der Waals surface area contributed by atoms with E-state index in [2.05, 4.69) is 5.10 Å². The molecule has 6 nitrogen and oxygen atoms in total. The summed E-state index contributed by atoms with van der Waals surface area (Å²) in [6.07, 6.45) is 5.08. The number of carbonyl (C=O) groups excluding carboxylic acids is 1. The highest BCUT2D eigenvalue weighted by molar-refractivity contribution is 7.13. The van der Waals surface area contributed by atoms with E-state index in [1.807, 2.05) is 41.3 Å². The summed E-state index contributed by atoms with van der Waals surface area (Å²) in [5.41, 5.74) is 3.32. The summed E-state index contributed by atoms with van der Waals surface area (Å²) in [5.74, 6) is 2.24. The molecule has 3 aromatic rings. The zero-order chi connectivity index (χ0) is 20.2. The molecule has 2 aromatic heterocycles. The Bertz CT molecular complexity index is 995. The number of hydrogen-bond donors (Lipinski definition) is 0. The number of esters is 1. The van der Waals surface area contributed by atoms with Crippen molar-refractivity contribution in [1.29, 1.82) is 0 Å². The molecular formula is C22H24N2O4S. The van der Waals surface area contributed by atoms with Crippen LogP contribution in [0.25, 0.3) is 10.6 Å². The lowest BCUT2D eigenvalue weighted by atomic mass is 10.1. The van der Waals surface area contributed by atoms with Gasteiger partial charge in [0.2, 0.25) is 0 Å². The van der Waals surface area contributed by atoms with Crippen molar-refractivity contribution in [1.82, 2.24) is 9.78 Å². The van der Waals surface area contributed by atoms with Gasteiger partial charge in [-0.2, -0.15) is 5.10 Å². The van der Waals surface area contributed by atoms with Gasteiger partial charge in [0.25, 0.3) is 0 Å². The van der Waals surface area contributed by atoms with Crippen LogP contribution in [0.4, 0.5) is 0 Å². The van der Waals surface area contributed by atoms with Crippen LogP contribution in [0.5, 0.6) is 17.2 Å².